The Morgan fingerprint density at radius 3 is 2.50 bits per heavy atom. The molecule has 1 N–H and O–H groups in total. The third kappa shape index (κ3) is 4.94. The molecule has 0 atom stereocenters. The standard InChI is InChI=1S/C18H22N2O4/c1-13-16(14(2)24-19-13)11-17(21)20(10-6-9-18(22)23)12-15-7-4-3-5-8-15/h3-5,7-8H,6,9-12H2,1-2H3,(H,22,23). The van der Waals surface area contributed by atoms with Crippen LogP contribution < -0.4 is 0 Å². The molecule has 1 aromatic heterocycles. The molecular weight excluding hydrogens is 308 g/mol. The van der Waals surface area contributed by atoms with Gasteiger partial charge in [0, 0.05) is 25.1 Å². The highest BCUT2D eigenvalue weighted by Gasteiger charge is 2.19. The molecule has 0 aliphatic carbocycles. The maximum atomic E-state index is 12.7. The zero-order valence-electron chi connectivity index (χ0n) is 14.0. The minimum absolute atomic E-state index is 0.0455. The van der Waals surface area contributed by atoms with Crippen LogP contribution in [-0.4, -0.2) is 33.6 Å². The predicted molar refractivity (Wildman–Crippen MR) is 88.4 cm³/mol. The molecular formula is C18H22N2O4. The first kappa shape index (κ1) is 17.7. The van der Waals surface area contributed by atoms with Gasteiger partial charge in [-0.2, -0.15) is 0 Å². The van der Waals surface area contributed by atoms with Crippen molar-refractivity contribution in [3.63, 3.8) is 0 Å². The van der Waals surface area contributed by atoms with Gasteiger partial charge in [-0.1, -0.05) is 35.5 Å². The van der Waals surface area contributed by atoms with Crippen LogP contribution in [-0.2, 0) is 22.6 Å². The van der Waals surface area contributed by atoms with Crippen LogP contribution in [0.3, 0.4) is 0 Å². The molecule has 0 spiro atoms. The Morgan fingerprint density at radius 2 is 1.92 bits per heavy atom. The Bertz CT molecular complexity index is 675. The summed E-state index contributed by atoms with van der Waals surface area (Å²) in [6.07, 6.45) is 0.681. The first-order valence-corrected chi connectivity index (χ1v) is 7.92. The minimum atomic E-state index is -0.854. The van der Waals surface area contributed by atoms with Crippen molar-refractivity contribution in [2.75, 3.05) is 6.54 Å². The van der Waals surface area contributed by atoms with Gasteiger partial charge in [0.15, 0.2) is 0 Å². The molecule has 6 nitrogen and oxygen atoms in total. The normalized spacial score (nSPS) is 10.6. The van der Waals surface area contributed by atoms with Gasteiger partial charge in [0.2, 0.25) is 5.91 Å². The summed E-state index contributed by atoms with van der Waals surface area (Å²) in [7, 11) is 0. The largest absolute Gasteiger partial charge is 0.481 e. The van der Waals surface area contributed by atoms with Crippen LogP contribution in [0.4, 0.5) is 0 Å². The first-order chi connectivity index (χ1) is 11.5. The summed E-state index contributed by atoms with van der Waals surface area (Å²) in [6, 6.07) is 9.66. The number of amides is 1. The molecule has 1 heterocycles. The number of aromatic nitrogens is 1. The SMILES string of the molecule is Cc1noc(C)c1CC(=O)N(CCCC(=O)O)Cc1ccccc1. The van der Waals surface area contributed by atoms with Crippen molar-refractivity contribution in [3.8, 4) is 0 Å². The smallest absolute Gasteiger partial charge is 0.303 e. The summed E-state index contributed by atoms with van der Waals surface area (Å²) in [5.74, 6) is -0.266. The van der Waals surface area contributed by atoms with Crippen LogP contribution in [0.1, 0.15) is 35.4 Å². The summed E-state index contributed by atoms with van der Waals surface area (Å²) < 4.78 is 5.11. The molecule has 0 aliphatic heterocycles. The van der Waals surface area contributed by atoms with Crippen molar-refractivity contribution in [2.24, 2.45) is 0 Å². The molecule has 128 valence electrons. The Balaban J connectivity index is 2.08. The lowest BCUT2D eigenvalue weighted by Gasteiger charge is -2.23. The molecule has 24 heavy (non-hydrogen) atoms. The topological polar surface area (TPSA) is 83.6 Å². The number of aryl methyl sites for hydroxylation is 2. The maximum absolute atomic E-state index is 12.7. The third-order valence-corrected chi connectivity index (χ3v) is 3.90. The van der Waals surface area contributed by atoms with Crippen molar-refractivity contribution in [3.05, 3.63) is 52.9 Å². The van der Waals surface area contributed by atoms with Gasteiger partial charge in [-0.3, -0.25) is 9.59 Å². The van der Waals surface area contributed by atoms with Gasteiger partial charge in [-0.25, -0.2) is 0 Å². The molecule has 0 radical (unpaired) electrons. The van der Waals surface area contributed by atoms with Gasteiger partial charge in [0.05, 0.1) is 12.1 Å². The molecule has 2 rings (SSSR count). The van der Waals surface area contributed by atoms with Gasteiger partial charge >= 0.3 is 5.97 Å². The van der Waals surface area contributed by atoms with E-state index in [1.165, 1.54) is 0 Å². The fourth-order valence-corrected chi connectivity index (χ4v) is 2.53. The van der Waals surface area contributed by atoms with Crippen LogP contribution in [0, 0.1) is 13.8 Å². The zero-order valence-corrected chi connectivity index (χ0v) is 14.0. The number of nitrogens with zero attached hydrogens (tertiary/aromatic N) is 2. The fourth-order valence-electron chi connectivity index (χ4n) is 2.53. The number of carboxylic acid groups (broad SMARTS) is 1. The second-order valence-corrected chi connectivity index (χ2v) is 5.78. The van der Waals surface area contributed by atoms with Crippen LogP contribution in [0.15, 0.2) is 34.9 Å². The van der Waals surface area contributed by atoms with Gasteiger partial charge < -0.3 is 14.5 Å². The zero-order chi connectivity index (χ0) is 17.5. The van der Waals surface area contributed by atoms with Gasteiger partial charge in [0.25, 0.3) is 0 Å². The van der Waals surface area contributed by atoms with E-state index in [0.717, 1.165) is 11.1 Å². The van der Waals surface area contributed by atoms with Crippen molar-refractivity contribution in [2.45, 2.75) is 39.7 Å². The van der Waals surface area contributed by atoms with Gasteiger partial charge in [-0.15, -0.1) is 0 Å². The minimum Gasteiger partial charge on any atom is -0.481 e. The van der Waals surface area contributed by atoms with Crippen molar-refractivity contribution < 1.29 is 19.2 Å². The molecule has 0 fully saturated rings. The number of carbonyl (C=O) groups is 2. The van der Waals surface area contributed by atoms with Crippen LogP contribution >= 0.6 is 0 Å². The lowest BCUT2D eigenvalue weighted by molar-refractivity contribution is -0.138. The summed E-state index contributed by atoms with van der Waals surface area (Å²) in [5, 5.41) is 12.7. The summed E-state index contributed by atoms with van der Waals surface area (Å²) >= 11 is 0. The van der Waals surface area contributed by atoms with E-state index in [9.17, 15) is 9.59 Å². The lowest BCUT2D eigenvalue weighted by Crippen LogP contribution is -2.33. The number of hydrogen-bond donors (Lipinski definition) is 1. The highest BCUT2D eigenvalue weighted by atomic mass is 16.5. The lowest BCUT2D eigenvalue weighted by atomic mass is 10.1. The van der Waals surface area contributed by atoms with E-state index in [1.807, 2.05) is 37.3 Å². The molecule has 6 heteroatoms. The molecule has 0 aliphatic rings. The third-order valence-electron chi connectivity index (χ3n) is 3.90. The summed E-state index contributed by atoms with van der Waals surface area (Å²) in [5.41, 5.74) is 2.53. The quantitative estimate of drug-likeness (QED) is 0.804. The molecule has 1 amide bonds. The van der Waals surface area contributed by atoms with E-state index in [-0.39, 0.29) is 18.7 Å². The highest BCUT2D eigenvalue weighted by Crippen LogP contribution is 2.15. The average Bonchev–Trinajstić information content (AvgIpc) is 2.86. The van der Waals surface area contributed by atoms with Crippen LogP contribution in [0.25, 0.3) is 0 Å². The number of carboxylic acids is 1. The molecule has 2 aromatic rings. The van der Waals surface area contributed by atoms with Crippen molar-refractivity contribution >= 4 is 11.9 Å². The highest BCUT2D eigenvalue weighted by molar-refractivity contribution is 5.79. The Morgan fingerprint density at radius 1 is 1.21 bits per heavy atom. The second-order valence-electron chi connectivity index (χ2n) is 5.78. The van der Waals surface area contributed by atoms with Crippen LogP contribution in [0.5, 0.6) is 0 Å². The van der Waals surface area contributed by atoms with E-state index in [1.54, 1.807) is 11.8 Å². The molecule has 0 unspecified atom stereocenters. The Labute approximate surface area is 141 Å². The number of benzene rings is 1. The Hall–Kier alpha value is -2.63. The van der Waals surface area contributed by atoms with Crippen molar-refractivity contribution in [1.82, 2.24) is 10.1 Å². The molecule has 0 saturated heterocycles. The Kier molecular flexibility index (Phi) is 6.12. The molecule has 0 bridgehead atoms. The van der Waals surface area contributed by atoms with E-state index in [4.69, 9.17) is 9.63 Å². The van der Waals surface area contributed by atoms with Gasteiger partial charge in [0.1, 0.15) is 5.76 Å². The molecule has 1 aromatic carbocycles. The first-order valence-electron chi connectivity index (χ1n) is 7.92. The van der Waals surface area contributed by atoms with E-state index < -0.39 is 5.97 Å². The maximum Gasteiger partial charge on any atom is 0.303 e. The fraction of sp³-hybridized carbons (Fsp3) is 0.389. The van der Waals surface area contributed by atoms with E-state index >= 15 is 0 Å². The van der Waals surface area contributed by atoms with E-state index in [2.05, 4.69) is 5.16 Å². The van der Waals surface area contributed by atoms with E-state index in [0.29, 0.717) is 31.0 Å². The number of carbonyl (C=O) groups excluding carboxylic acids is 1. The number of aliphatic carboxylic acids is 1. The number of rotatable bonds is 8. The summed E-state index contributed by atoms with van der Waals surface area (Å²) in [6.45, 7) is 4.46. The predicted octanol–water partition coefficient (Wildman–Crippen LogP) is 2.73. The second kappa shape index (κ2) is 8.29. The average molecular weight is 330 g/mol. The summed E-state index contributed by atoms with van der Waals surface area (Å²) in [4.78, 5) is 25.1. The molecule has 0 saturated carbocycles. The monoisotopic (exact) mass is 330 g/mol. The van der Waals surface area contributed by atoms with Crippen LogP contribution in [0.2, 0.25) is 0 Å². The van der Waals surface area contributed by atoms with Crippen molar-refractivity contribution in [1.29, 1.82) is 0 Å². The number of hydrogen-bond acceptors (Lipinski definition) is 4. The van der Waals surface area contributed by atoms with Gasteiger partial charge in [-0.05, 0) is 25.8 Å².